The Labute approximate surface area is 164 Å². The molecule has 0 amide bonds. The van der Waals surface area contributed by atoms with Crippen LogP contribution in [-0.2, 0) is 22.9 Å². The molecule has 7 heteroatoms. The largest absolute Gasteiger partial charge is 0.496 e. The van der Waals surface area contributed by atoms with E-state index in [1.807, 2.05) is 7.05 Å². The Bertz CT molecular complexity index is 1210. The third-order valence-corrected chi connectivity index (χ3v) is 7.26. The smallest absolute Gasteiger partial charge is 0.268 e. The van der Waals surface area contributed by atoms with Crippen LogP contribution in [-0.4, -0.2) is 32.6 Å². The van der Waals surface area contributed by atoms with Crippen LogP contribution in [0.1, 0.15) is 23.1 Å². The highest BCUT2D eigenvalue weighted by molar-refractivity contribution is 7.90. The van der Waals surface area contributed by atoms with Crippen LogP contribution in [0.5, 0.6) is 5.75 Å². The van der Waals surface area contributed by atoms with Crippen LogP contribution in [0.2, 0.25) is 0 Å². The van der Waals surface area contributed by atoms with Crippen molar-refractivity contribution in [2.24, 2.45) is 0 Å². The van der Waals surface area contributed by atoms with Crippen molar-refractivity contribution in [3.63, 3.8) is 0 Å². The molecule has 1 aromatic heterocycles. The molecule has 1 heterocycles. The van der Waals surface area contributed by atoms with Gasteiger partial charge < -0.3 is 10.1 Å². The van der Waals surface area contributed by atoms with E-state index in [-0.39, 0.29) is 0 Å². The molecule has 4 rings (SSSR count). The number of aromatic nitrogens is 1. The summed E-state index contributed by atoms with van der Waals surface area (Å²) in [4.78, 5) is 0.303. The lowest BCUT2D eigenvalue weighted by Crippen LogP contribution is -2.32. The molecule has 0 saturated carbocycles. The van der Waals surface area contributed by atoms with E-state index in [1.165, 1.54) is 3.97 Å². The van der Waals surface area contributed by atoms with Crippen LogP contribution in [0, 0.1) is 11.3 Å². The Morgan fingerprint density at radius 3 is 2.75 bits per heavy atom. The van der Waals surface area contributed by atoms with Gasteiger partial charge in [-0.2, -0.15) is 5.26 Å². The molecule has 1 aliphatic carbocycles. The van der Waals surface area contributed by atoms with Gasteiger partial charge >= 0.3 is 0 Å². The molecule has 0 fully saturated rings. The molecule has 0 aliphatic heterocycles. The Hall–Kier alpha value is -2.82. The summed E-state index contributed by atoms with van der Waals surface area (Å²) in [7, 11) is -0.282. The van der Waals surface area contributed by atoms with E-state index in [4.69, 9.17) is 4.74 Å². The Morgan fingerprint density at radius 2 is 2.04 bits per heavy atom. The zero-order valence-electron chi connectivity index (χ0n) is 15.8. The summed E-state index contributed by atoms with van der Waals surface area (Å²) in [6.45, 7) is 0. The molecule has 0 radical (unpaired) electrons. The van der Waals surface area contributed by atoms with Gasteiger partial charge in [-0.05, 0) is 62.2 Å². The molecule has 6 nitrogen and oxygen atoms in total. The molecular formula is C21H21N3O3S. The maximum absolute atomic E-state index is 13.6. The molecule has 3 aromatic rings. The van der Waals surface area contributed by atoms with Gasteiger partial charge in [0.15, 0.2) is 0 Å². The van der Waals surface area contributed by atoms with Crippen LogP contribution >= 0.6 is 0 Å². The molecule has 0 spiro atoms. The number of rotatable bonds is 4. The highest BCUT2D eigenvalue weighted by Crippen LogP contribution is 2.36. The summed E-state index contributed by atoms with van der Waals surface area (Å²) in [6, 6.07) is 12.5. The van der Waals surface area contributed by atoms with Gasteiger partial charge in [0.05, 0.1) is 29.2 Å². The van der Waals surface area contributed by atoms with Crippen molar-refractivity contribution >= 4 is 20.9 Å². The summed E-state index contributed by atoms with van der Waals surface area (Å²) in [6.07, 6.45) is 3.81. The minimum Gasteiger partial charge on any atom is -0.496 e. The molecule has 1 N–H and O–H groups in total. The van der Waals surface area contributed by atoms with Crippen LogP contribution in [0.15, 0.2) is 47.5 Å². The number of likely N-dealkylation sites (N-methyl/N-ethyl adjacent to an activating group) is 1. The van der Waals surface area contributed by atoms with E-state index in [2.05, 4.69) is 11.4 Å². The first kappa shape index (κ1) is 18.5. The van der Waals surface area contributed by atoms with E-state index in [9.17, 15) is 13.7 Å². The van der Waals surface area contributed by atoms with Gasteiger partial charge in [-0.25, -0.2) is 12.4 Å². The summed E-state index contributed by atoms with van der Waals surface area (Å²) >= 11 is 0. The van der Waals surface area contributed by atoms with Gasteiger partial charge in [0, 0.05) is 23.2 Å². The first-order chi connectivity index (χ1) is 13.5. The molecule has 1 atom stereocenters. The predicted molar refractivity (Wildman–Crippen MR) is 107 cm³/mol. The van der Waals surface area contributed by atoms with Crippen LogP contribution in [0.25, 0.3) is 10.9 Å². The number of hydrogen-bond donors (Lipinski definition) is 1. The lowest BCUT2D eigenvalue weighted by Gasteiger charge is -2.27. The van der Waals surface area contributed by atoms with Crippen molar-refractivity contribution in [1.82, 2.24) is 9.29 Å². The van der Waals surface area contributed by atoms with Gasteiger partial charge in [0.25, 0.3) is 10.0 Å². The van der Waals surface area contributed by atoms with Gasteiger partial charge in [-0.3, -0.25) is 0 Å². The molecule has 0 saturated heterocycles. The fourth-order valence-corrected chi connectivity index (χ4v) is 5.61. The Morgan fingerprint density at radius 1 is 1.21 bits per heavy atom. The second-order valence-electron chi connectivity index (χ2n) is 6.95. The van der Waals surface area contributed by atoms with E-state index >= 15 is 0 Å². The quantitative estimate of drug-likeness (QED) is 0.734. The van der Waals surface area contributed by atoms with Gasteiger partial charge in [-0.15, -0.1) is 0 Å². The SMILES string of the molecule is CN[C@H]1CCc2c(S(=O)(=O)n3ccc4ccc(C#N)cc43)ccc(OC)c2C1. The third kappa shape index (κ3) is 2.86. The van der Waals surface area contributed by atoms with Crippen molar-refractivity contribution < 1.29 is 13.2 Å². The standard InChI is InChI=1S/C21H21N3O3S/c1-23-16-5-6-17-18(12-16)20(27-2)7-8-21(17)28(25,26)24-10-9-15-4-3-14(13-22)11-19(15)24/h3-4,7-11,16,23H,5-6,12H2,1-2H3/t16-/m0/s1. The molecule has 0 unspecified atom stereocenters. The normalized spacial score (nSPS) is 16.5. The monoisotopic (exact) mass is 395 g/mol. The van der Waals surface area contributed by atoms with E-state index < -0.39 is 10.0 Å². The first-order valence-corrected chi connectivity index (χ1v) is 10.6. The molecule has 144 valence electrons. The highest BCUT2D eigenvalue weighted by Gasteiger charge is 2.29. The minimum absolute atomic E-state index is 0.296. The number of methoxy groups -OCH3 is 1. The average molecular weight is 395 g/mol. The number of fused-ring (bicyclic) bond motifs is 2. The summed E-state index contributed by atoms with van der Waals surface area (Å²) in [5, 5.41) is 13.2. The van der Waals surface area contributed by atoms with Crippen LogP contribution < -0.4 is 10.1 Å². The molecule has 0 bridgehead atoms. The van der Waals surface area contributed by atoms with E-state index in [1.54, 1.807) is 49.7 Å². The Kier molecular flexibility index (Phi) is 4.61. The van der Waals surface area contributed by atoms with Gasteiger partial charge in [-0.1, -0.05) is 6.07 Å². The fourth-order valence-electron chi connectivity index (χ4n) is 3.98. The second-order valence-corrected chi connectivity index (χ2v) is 8.74. The van der Waals surface area contributed by atoms with E-state index in [0.29, 0.717) is 28.4 Å². The van der Waals surface area contributed by atoms with Crippen molar-refractivity contribution in [2.45, 2.75) is 30.2 Å². The molecule has 2 aromatic carbocycles. The number of benzene rings is 2. The number of nitrogens with one attached hydrogen (secondary N) is 1. The average Bonchev–Trinajstić information content (AvgIpc) is 3.16. The summed E-state index contributed by atoms with van der Waals surface area (Å²) < 4.78 is 33.9. The number of hydrogen-bond acceptors (Lipinski definition) is 5. The third-order valence-electron chi connectivity index (χ3n) is 5.49. The van der Waals surface area contributed by atoms with Gasteiger partial charge in [0.2, 0.25) is 0 Å². The summed E-state index contributed by atoms with van der Waals surface area (Å²) in [5.74, 6) is 0.720. The topological polar surface area (TPSA) is 84.1 Å². The Balaban J connectivity index is 1.91. The van der Waals surface area contributed by atoms with Crippen molar-refractivity contribution in [3.8, 4) is 11.8 Å². The van der Waals surface area contributed by atoms with Crippen molar-refractivity contribution in [1.29, 1.82) is 5.26 Å². The van der Waals surface area contributed by atoms with Gasteiger partial charge in [0.1, 0.15) is 5.75 Å². The molecular weight excluding hydrogens is 374 g/mol. The zero-order valence-corrected chi connectivity index (χ0v) is 16.6. The number of ether oxygens (including phenoxy) is 1. The predicted octanol–water partition coefficient (Wildman–Crippen LogP) is 2.84. The molecule has 1 aliphatic rings. The van der Waals surface area contributed by atoms with Crippen molar-refractivity contribution in [2.75, 3.05) is 14.2 Å². The summed E-state index contributed by atoms with van der Waals surface area (Å²) in [5.41, 5.74) is 2.70. The fraction of sp³-hybridized carbons (Fsp3) is 0.286. The maximum Gasteiger partial charge on any atom is 0.268 e. The minimum atomic E-state index is -3.81. The van der Waals surface area contributed by atoms with Crippen LogP contribution in [0.3, 0.4) is 0 Å². The maximum atomic E-state index is 13.6. The lowest BCUT2D eigenvalue weighted by atomic mass is 9.87. The second kappa shape index (κ2) is 6.97. The van der Waals surface area contributed by atoms with Crippen molar-refractivity contribution in [3.05, 3.63) is 59.3 Å². The number of nitrogens with zero attached hydrogens (tertiary/aromatic N) is 2. The molecule has 28 heavy (non-hydrogen) atoms. The van der Waals surface area contributed by atoms with Crippen LogP contribution in [0.4, 0.5) is 0 Å². The highest BCUT2D eigenvalue weighted by atomic mass is 32.2. The first-order valence-electron chi connectivity index (χ1n) is 9.12. The zero-order chi connectivity index (χ0) is 19.9. The number of nitriles is 1. The van der Waals surface area contributed by atoms with E-state index in [0.717, 1.165) is 35.1 Å². The lowest BCUT2D eigenvalue weighted by molar-refractivity contribution is 0.397.